The van der Waals surface area contributed by atoms with Crippen molar-refractivity contribution in [3.63, 3.8) is 0 Å². The Bertz CT molecular complexity index is 877. The van der Waals surface area contributed by atoms with Crippen molar-refractivity contribution in [1.29, 1.82) is 0 Å². The van der Waals surface area contributed by atoms with Gasteiger partial charge < -0.3 is 9.26 Å². The van der Waals surface area contributed by atoms with Gasteiger partial charge in [0, 0.05) is 11.6 Å². The summed E-state index contributed by atoms with van der Waals surface area (Å²) in [4.78, 5) is 16.5. The highest BCUT2D eigenvalue weighted by atomic mass is 16.7. The number of hydrogen-bond acceptors (Lipinski definition) is 5. The minimum atomic E-state index is -0.448. The number of carbonyl (C=O) groups excluding carboxylic acids is 1. The predicted molar refractivity (Wildman–Crippen MR) is 98.5 cm³/mol. The lowest BCUT2D eigenvalue weighted by molar-refractivity contribution is -0.217. The minimum absolute atomic E-state index is 0.246. The summed E-state index contributed by atoms with van der Waals surface area (Å²) in [5.41, 5.74) is 0.507. The van der Waals surface area contributed by atoms with Crippen LogP contribution in [-0.2, 0) is 9.63 Å². The van der Waals surface area contributed by atoms with Crippen LogP contribution in [0.4, 0.5) is 0 Å². The quantitative estimate of drug-likeness (QED) is 0.473. The van der Waals surface area contributed by atoms with Gasteiger partial charge in [0.15, 0.2) is 5.76 Å². The summed E-state index contributed by atoms with van der Waals surface area (Å²) in [5, 5.41) is 7.38. The molecule has 0 radical (unpaired) electrons. The van der Waals surface area contributed by atoms with Crippen molar-refractivity contribution in [2.24, 2.45) is 0 Å². The molecule has 26 heavy (non-hydrogen) atoms. The van der Waals surface area contributed by atoms with Crippen molar-refractivity contribution in [2.75, 3.05) is 13.2 Å². The summed E-state index contributed by atoms with van der Waals surface area (Å²) in [5.74, 6) is 1.00. The largest absolute Gasteiger partial charge is 0.474 e. The second-order valence-electron chi connectivity index (χ2n) is 6.85. The zero-order valence-electron chi connectivity index (χ0n) is 15.1. The summed E-state index contributed by atoms with van der Waals surface area (Å²) < 4.78 is 11.0. The summed E-state index contributed by atoms with van der Waals surface area (Å²) in [6, 6.07) is 15.8. The molecule has 0 fully saturated rings. The lowest BCUT2D eigenvalue weighted by Crippen LogP contribution is -2.35. The number of rotatable bonds is 7. The number of ether oxygens (including phenoxy) is 1. The molecule has 0 bridgehead atoms. The normalized spacial score (nSPS) is 11.5. The Hall–Kier alpha value is -2.86. The van der Waals surface area contributed by atoms with Gasteiger partial charge in [0.1, 0.15) is 6.61 Å². The van der Waals surface area contributed by atoms with E-state index in [1.807, 2.05) is 51.1 Å². The van der Waals surface area contributed by atoms with Gasteiger partial charge in [0.05, 0.1) is 12.1 Å². The number of nitrogens with zero attached hydrogens (tertiary/aromatic N) is 2. The van der Waals surface area contributed by atoms with Gasteiger partial charge in [-0.1, -0.05) is 42.5 Å². The summed E-state index contributed by atoms with van der Waals surface area (Å²) >= 11 is 0. The fourth-order valence-corrected chi connectivity index (χ4v) is 2.61. The van der Waals surface area contributed by atoms with Crippen LogP contribution < -0.4 is 4.74 Å². The molecule has 1 heterocycles. The molecule has 1 aromatic heterocycles. The highest BCUT2D eigenvalue weighted by molar-refractivity contribution is 5.95. The Morgan fingerprint density at radius 2 is 1.92 bits per heavy atom. The lowest BCUT2D eigenvalue weighted by atomic mass is 10.0. The van der Waals surface area contributed by atoms with E-state index in [-0.39, 0.29) is 13.2 Å². The summed E-state index contributed by atoms with van der Waals surface area (Å²) in [6.45, 7) is 6.16. The van der Waals surface area contributed by atoms with Gasteiger partial charge in [0.25, 0.3) is 5.88 Å². The standard InChI is InChI=1S/C20H22N2O4/c1-20(2,3)26-22(14-23)11-12-24-19-13-18(25-21-19)17-10-6-8-15-7-4-5-9-16(15)17/h4-10,13-14H,11-12H2,1-3H3. The van der Waals surface area contributed by atoms with Crippen LogP contribution >= 0.6 is 0 Å². The third-order valence-corrected chi connectivity index (χ3v) is 3.61. The Morgan fingerprint density at radius 3 is 2.69 bits per heavy atom. The molecule has 0 unspecified atom stereocenters. The average Bonchev–Trinajstić information content (AvgIpc) is 3.08. The maximum Gasteiger partial charge on any atom is 0.254 e. The number of hydroxylamine groups is 2. The van der Waals surface area contributed by atoms with Gasteiger partial charge in [-0.15, -0.1) is 0 Å². The topological polar surface area (TPSA) is 64.8 Å². The molecule has 2 aromatic carbocycles. The molecule has 0 saturated heterocycles. The first-order valence-electron chi connectivity index (χ1n) is 8.45. The van der Waals surface area contributed by atoms with E-state index in [4.69, 9.17) is 14.1 Å². The fraction of sp³-hybridized carbons (Fsp3) is 0.300. The van der Waals surface area contributed by atoms with Crippen LogP contribution in [-0.4, -0.2) is 35.4 Å². The third-order valence-electron chi connectivity index (χ3n) is 3.61. The maximum atomic E-state index is 11.0. The summed E-state index contributed by atoms with van der Waals surface area (Å²) in [7, 11) is 0. The van der Waals surface area contributed by atoms with Crippen molar-refractivity contribution in [2.45, 2.75) is 26.4 Å². The van der Waals surface area contributed by atoms with Crippen molar-refractivity contribution in [1.82, 2.24) is 10.2 Å². The summed E-state index contributed by atoms with van der Waals surface area (Å²) in [6.07, 6.45) is 0.638. The Labute approximate surface area is 152 Å². The van der Waals surface area contributed by atoms with E-state index in [2.05, 4.69) is 17.3 Å². The maximum absolute atomic E-state index is 11.0. The van der Waals surface area contributed by atoms with E-state index < -0.39 is 5.60 Å². The van der Waals surface area contributed by atoms with E-state index in [1.54, 1.807) is 6.07 Å². The second-order valence-corrected chi connectivity index (χ2v) is 6.85. The monoisotopic (exact) mass is 354 g/mol. The lowest BCUT2D eigenvalue weighted by Gasteiger charge is -2.26. The second kappa shape index (κ2) is 7.58. The van der Waals surface area contributed by atoms with Crippen molar-refractivity contribution >= 4 is 17.2 Å². The molecule has 3 aromatic rings. The van der Waals surface area contributed by atoms with E-state index in [0.29, 0.717) is 18.1 Å². The molecular formula is C20H22N2O4. The molecule has 1 amide bonds. The fourth-order valence-electron chi connectivity index (χ4n) is 2.61. The Balaban J connectivity index is 1.66. The van der Waals surface area contributed by atoms with Crippen LogP contribution in [0.2, 0.25) is 0 Å². The number of amides is 1. The first-order chi connectivity index (χ1) is 12.5. The molecule has 3 rings (SSSR count). The minimum Gasteiger partial charge on any atom is -0.474 e. The molecule has 0 spiro atoms. The SMILES string of the molecule is CC(C)(C)ON(C=O)CCOc1cc(-c2cccc3ccccc23)on1. The van der Waals surface area contributed by atoms with Crippen molar-refractivity contribution in [3.05, 3.63) is 48.5 Å². The molecule has 0 aliphatic heterocycles. The zero-order chi connectivity index (χ0) is 18.6. The van der Waals surface area contributed by atoms with Crippen LogP contribution in [0, 0.1) is 0 Å². The Kier molecular flexibility index (Phi) is 5.23. The highest BCUT2D eigenvalue weighted by Gasteiger charge is 2.16. The number of hydrogen-bond donors (Lipinski definition) is 0. The number of fused-ring (bicyclic) bond motifs is 1. The molecule has 6 heteroatoms. The number of benzene rings is 2. The molecular weight excluding hydrogens is 332 g/mol. The molecule has 0 atom stereocenters. The molecule has 0 saturated carbocycles. The van der Waals surface area contributed by atoms with Gasteiger partial charge >= 0.3 is 0 Å². The van der Waals surface area contributed by atoms with Gasteiger partial charge in [-0.3, -0.25) is 9.63 Å². The molecule has 0 aliphatic carbocycles. The first kappa shape index (κ1) is 17.9. The smallest absolute Gasteiger partial charge is 0.254 e. The molecule has 0 N–H and O–H groups in total. The number of carbonyl (C=O) groups is 1. The van der Waals surface area contributed by atoms with Crippen molar-refractivity contribution in [3.8, 4) is 17.2 Å². The highest BCUT2D eigenvalue weighted by Crippen LogP contribution is 2.30. The van der Waals surface area contributed by atoms with E-state index in [1.165, 1.54) is 5.06 Å². The predicted octanol–water partition coefficient (Wildman–Crippen LogP) is 4.06. The van der Waals surface area contributed by atoms with Crippen LogP contribution in [0.1, 0.15) is 20.8 Å². The number of aromatic nitrogens is 1. The zero-order valence-corrected chi connectivity index (χ0v) is 15.1. The third kappa shape index (κ3) is 4.40. The van der Waals surface area contributed by atoms with Crippen LogP contribution in [0.25, 0.3) is 22.1 Å². The molecule has 136 valence electrons. The van der Waals surface area contributed by atoms with Crippen LogP contribution in [0.3, 0.4) is 0 Å². The van der Waals surface area contributed by atoms with E-state index in [0.717, 1.165) is 16.3 Å². The van der Waals surface area contributed by atoms with Crippen LogP contribution in [0.15, 0.2) is 53.1 Å². The first-order valence-corrected chi connectivity index (χ1v) is 8.45. The van der Waals surface area contributed by atoms with Gasteiger partial charge in [-0.2, -0.15) is 0 Å². The Morgan fingerprint density at radius 1 is 1.15 bits per heavy atom. The van der Waals surface area contributed by atoms with Gasteiger partial charge in [0.2, 0.25) is 6.41 Å². The van der Waals surface area contributed by atoms with Crippen molar-refractivity contribution < 1.29 is 18.9 Å². The van der Waals surface area contributed by atoms with Crippen LogP contribution in [0.5, 0.6) is 5.88 Å². The van der Waals surface area contributed by atoms with Gasteiger partial charge in [-0.05, 0) is 36.7 Å². The van der Waals surface area contributed by atoms with Gasteiger partial charge in [-0.25, -0.2) is 5.06 Å². The van der Waals surface area contributed by atoms with E-state index >= 15 is 0 Å². The molecule has 0 aliphatic rings. The molecule has 6 nitrogen and oxygen atoms in total. The average molecular weight is 354 g/mol. The van der Waals surface area contributed by atoms with E-state index in [9.17, 15) is 4.79 Å².